The van der Waals surface area contributed by atoms with Gasteiger partial charge in [0.05, 0.1) is 5.52 Å². The van der Waals surface area contributed by atoms with Crippen LogP contribution in [-0.2, 0) is 18.3 Å². The Kier molecular flexibility index (Phi) is 4.54. The average molecular weight is 342 g/mol. The number of rotatable bonds is 4. The number of benzene rings is 2. The zero-order valence-electron chi connectivity index (χ0n) is 13.5. The van der Waals surface area contributed by atoms with E-state index in [0.29, 0.717) is 16.8 Å². The molecule has 3 rings (SSSR count). The summed E-state index contributed by atoms with van der Waals surface area (Å²) in [6.45, 7) is 1.55. The summed E-state index contributed by atoms with van der Waals surface area (Å²) in [6, 6.07) is 10.6. The molecule has 0 bridgehead atoms. The van der Waals surface area contributed by atoms with Gasteiger partial charge in [-0.05, 0) is 36.2 Å². The molecule has 24 heavy (non-hydrogen) atoms. The first kappa shape index (κ1) is 16.5. The first-order valence-corrected chi connectivity index (χ1v) is 8.03. The summed E-state index contributed by atoms with van der Waals surface area (Å²) >= 11 is 6.29. The molecule has 0 radical (unpaired) electrons. The van der Waals surface area contributed by atoms with Crippen LogP contribution in [0.1, 0.15) is 23.6 Å². The minimum atomic E-state index is -0.240. The van der Waals surface area contributed by atoms with Crippen LogP contribution < -0.4 is 0 Å². The van der Waals surface area contributed by atoms with E-state index in [9.17, 15) is 9.18 Å². The quantitative estimate of drug-likeness (QED) is 0.633. The fraction of sp³-hybridized carbons (Fsp3) is 0.150. The molecule has 4 heteroatoms. The van der Waals surface area contributed by atoms with Crippen molar-refractivity contribution in [3.63, 3.8) is 0 Å². The number of hydrogen-bond acceptors (Lipinski definition) is 1. The number of carbonyl (C=O) groups is 1. The number of fused-ring (bicyclic) bond motifs is 1. The Morgan fingerprint density at radius 3 is 2.67 bits per heavy atom. The maximum atomic E-state index is 14.1. The van der Waals surface area contributed by atoms with Crippen LogP contribution in [0.2, 0.25) is 5.02 Å². The molecule has 2 aromatic carbocycles. The van der Waals surface area contributed by atoms with Crippen LogP contribution in [0.5, 0.6) is 0 Å². The smallest absolute Gasteiger partial charge is 0.134 e. The highest BCUT2D eigenvalue weighted by molar-refractivity contribution is 6.32. The molecule has 0 amide bonds. The molecule has 1 heterocycles. The SMILES string of the molecule is CC(=O)Cc1ccc(/C=C/c2cn(C)c3cccc(F)c23)c(Cl)c1. The van der Waals surface area contributed by atoms with Crippen molar-refractivity contribution in [2.75, 3.05) is 0 Å². The second kappa shape index (κ2) is 6.62. The van der Waals surface area contributed by atoms with Gasteiger partial charge in [0.15, 0.2) is 0 Å². The van der Waals surface area contributed by atoms with E-state index in [1.165, 1.54) is 6.07 Å². The van der Waals surface area contributed by atoms with Gasteiger partial charge in [0, 0.05) is 35.6 Å². The summed E-state index contributed by atoms with van der Waals surface area (Å²) in [5, 5.41) is 1.17. The van der Waals surface area contributed by atoms with Gasteiger partial charge in [-0.1, -0.05) is 42.0 Å². The Morgan fingerprint density at radius 1 is 1.21 bits per heavy atom. The number of Topliss-reactive ketones (excluding diaryl/α,β-unsaturated/α-hetero) is 1. The van der Waals surface area contributed by atoms with Gasteiger partial charge in [-0.15, -0.1) is 0 Å². The highest BCUT2D eigenvalue weighted by atomic mass is 35.5. The third kappa shape index (κ3) is 3.26. The number of nitrogens with zero attached hydrogens (tertiary/aromatic N) is 1. The topological polar surface area (TPSA) is 22.0 Å². The van der Waals surface area contributed by atoms with Crippen LogP contribution >= 0.6 is 11.6 Å². The Labute approximate surface area is 145 Å². The number of hydrogen-bond donors (Lipinski definition) is 0. The summed E-state index contributed by atoms with van der Waals surface area (Å²) < 4.78 is 16.0. The van der Waals surface area contributed by atoms with Crippen LogP contribution in [0.25, 0.3) is 23.1 Å². The molecular formula is C20H17ClFNO. The van der Waals surface area contributed by atoms with Gasteiger partial charge >= 0.3 is 0 Å². The summed E-state index contributed by atoms with van der Waals surface area (Å²) in [5.74, 6) is -0.142. The largest absolute Gasteiger partial charge is 0.350 e. The van der Waals surface area contributed by atoms with Gasteiger partial charge in [0.2, 0.25) is 0 Å². The fourth-order valence-electron chi connectivity index (χ4n) is 2.84. The van der Waals surface area contributed by atoms with Crippen molar-refractivity contribution in [1.82, 2.24) is 4.57 Å². The second-order valence-electron chi connectivity index (χ2n) is 5.90. The van der Waals surface area contributed by atoms with Crippen LogP contribution in [0.15, 0.2) is 42.6 Å². The Bertz CT molecular complexity index is 956. The molecule has 0 atom stereocenters. The van der Waals surface area contributed by atoms with E-state index in [4.69, 9.17) is 11.6 Å². The maximum Gasteiger partial charge on any atom is 0.134 e. The van der Waals surface area contributed by atoms with Gasteiger partial charge < -0.3 is 4.57 Å². The van der Waals surface area contributed by atoms with E-state index in [2.05, 4.69) is 0 Å². The minimum Gasteiger partial charge on any atom is -0.350 e. The van der Waals surface area contributed by atoms with Gasteiger partial charge in [0.25, 0.3) is 0 Å². The monoisotopic (exact) mass is 341 g/mol. The van der Waals surface area contributed by atoms with Crippen LogP contribution in [0, 0.1) is 5.82 Å². The van der Waals surface area contributed by atoms with Crippen molar-refractivity contribution in [2.24, 2.45) is 7.05 Å². The predicted molar refractivity (Wildman–Crippen MR) is 97.6 cm³/mol. The molecule has 0 N–H and O–H groups in total. The summed E-state index contributed by atoms with van der Waals surface area (Å²) in [6.07, 6.45) is 5.99. The Hall–Kier alpha value is -2.39. The zero-order valence-corrected chi connectivity index (χ0v) is 14.3. The summed E-state index contributed by atoms with van der Waals surface area (Å²) in [5.41, 5.74) is 3.37. The number of ketones is 1. The van der Waals surface area contributed by atoms with Crippen molar-refractivity contribution < 1.29 is 9.18 Å². The van der Waals surface area contributed by atoms with Gasteiger partial charge in [-0.25, -0.2) is 4.39 Å². The van der Waals surface area contributed by atoms with E-state index >= 15 is 0 Å². The normalized spacial score (nSPS) is 11.5. The van der Waals surface area contributed by atoms with Crippen molar-refractivity contribution in [3.8, 4) is 0 Å². The molecule has 0 fully saturated rings. The Morgan fingerprint density at radius 2 is 1.96 bits per heavy atom. The van der Waals surface area contributed by atoms with Crippen molar-refractivity contribution in [2.45, 2.75) is 13.3 Å². The summed E-state index contributed by atoms with van der Waals surface area (Å²) in [4.78, 5) is 11.2. The van der Waals surface area contributed by atoms with E-state index in [1.807, 2.05) is 48.2 Å². The number of halogens is 2. The molecule has 3 aromatic rings. The first-order valence-electron chi connectivity index (χ1n) is 7.65. The molecule has 0 spiro atoms. The second-order valence-corrected chi connectivity index (χ2v) is 6.30. The lowest BCUT2D eigenvalue weighted by atomic mass is 10.1. The van der Waals surface area contributed by atoms with Crippen LogP contribution in [-0.4, -0.2) is 10.4 Å². The lowest BCUT2D eigenvalue weighted by Crippen LogP contribution is -1.96. The molecule has 0 saturated heterocycles. The lowest BCUT2D eigenvalue weighted by molar-refractivity contribution is -0.116. The highest BCUT2D eigenvalue weighted by Crippen LogP contribution is 2.27. The fourth-order valence-corrected chi connectivity index (χ4v) is 3.11. The predicted octanol–water partition coefficient (Wildman–Crippen LogP) is 5.27. The van der Waals surface area contributed by atoms with E-state index in [0.717, 1.165) is 22.2 Å². The summed E-state index contributed by atoms with van der Waals surface area (Å²) in [7, 11) is 1.89. The number of aromatic nitrogens is 1. The van der Waals surface area contributed by atoms with E-state index in [1.54, 1.807) is 19.1 Å². The van der Waals surface area contributed by atoms with Gasteiger partial charge in [-0.2, -0.15) is 0 Å². The molecule has 0 aliphatic rings. The van der Waals surface area contributed by atoms with Crippen LogP contribution in [0.3, 0.4) is 0 Å². The zero-order chi connectivity index (χ0) is 17.3. The molecule has 0 aliphatic heterocycles. The van der Waals surface area contributed by atoms with Gasteiger partial charge in [0.1, 0.15) is 11.6 Å². The molecular weight excluding hydrogens is 325 g/mol. The third-order valence-corrected chi connectivity index (χ3v) is 4.28. The van der Waals surface area contributed by atoms with Crippen LogP contribution in [0.4, 0.5) is 4.39 Å². The number of carbonyl (C=O) groups excluding carboxylic acids is 1. The van der Waals surface area contributed by atoms with E-state index in [-0.39, 0.29) is 11.6 Å². The third-order valence-electron chi connectivity index (χ3n) is 3.95. The highest BCUT2D eigenvalue weighted by Gasteiger charge is 2.09. The Balaban J connectivity index is 1.96. The first-order chi connectivity index (χ1) is 11.5. The molecule has 2 nitrogen and oxygen atoms in total. The molecule has 1 aromatic heterocycles. The molecule has 0 aliphatic carbocycles. The maximum absolute atomic E-state index is 14.1. The molecule has 0 saturated carbocycles. The van der Waals surface area contributed by atoms with Crippen molar-refractivity contribution >= 4 is 40.4 Å². The molecule has 0 unspecified atom stereocenters. The van der Waals surface area contributed by atoms with Crippen molar-refractivity contribution in [1.29, 1.82) is 0 Å². The number of aryl methyl sites for hydroxylation is 1. The minimum absolute atomic E-state index is 0.0978. The lowest BCUT2D eigenvalue weighted by Gasteiger charge is -2.02. The standard InChI is InChI=1S/C20H17ClFNO/c1-13(24)10-14-6-7-15(17(21)11-14)8-9-16-12-23(2)19-5-3-4-18(22)20(16)19/h3-9,11-12H,10H2,1-2H3/b9-8+. The van der Waals surface area contributed by atoms with Gasteiger partial charge in [-0.3, -0.25) is 4.79 Å². The average Bonchev–Trinajstić information content (AvgIpc) is 2.84. The van der Waals surface area contributed by atoms with Crippen molar-refractivity contribution in [3.05, 3.63) is 70.1 Å². The van der Waals surface area contributed by atoms with E-state index < -0.39 is 0 Å². The molecule has 122 valence electrons.